The minimum Gasteiger partial charge on any atom is -0.496 e. The molecule has 0 saturated carbocycles. The normalized spacial score (nSPS) is 12.2. The Hall–Kier alpha value is -1.61. The molecule has 0 amide bonds. The van der Waals surface area contributed by atoms with E-state index in [1.807, 2.05) is 25.1 Å². The number of hydrogen-bond acceptors (Lipinski definition) is 1. The lowest BCUT2D eigenvalue weighted by Crippen LogP contribution is -2.01. The maximum absolute atomic E-state index is 13.6. The lowest BCUT2D eigenvalue weighted by molar-refractivity contribution is 0.411. The highest BCUT2D eigenvalue weighted by atomic mass is 35.5. The van der Waals surface area contributed by atoms with Gasteiger partial charge in [0.15, 0.2) is 11.6 Å². The standard InChI is InChI=1S/C16H15ClF2O/c1-10-6-7-11(9-15(10)20-2)13(17)8-12-4-3-5-14(18)16(12)19/h3-7,9,13H,8H2,1-2H3. The molecule has 2 aromatic carbocycles. The van der Waals surface area contributed by atoms with E-state index in [0.717, 1.165) is 22.9 Å². The lowest BCUT2D eigenvalue weighted by Gasteiger charge is -2.13. The number of aryl methyl sites for hydroxylation is 1. The lowest BCUT2D eigenvalue weighted by atomic mass is 10.0. The van der Waals surface area contributed by atoms with Gasteiger partial charge in [0.1, 0.15) is 5.75 Å². The molecule has 0 N–H and O–H groups in total. The van der Waals surface area contributed by atoms with Crippen LogP contribution in [0.4, 0.5) is 8.78 Å². The quantitative estimate of drug-likeness (QED) is 0.736. The Labute approximate surface area is 122 Å². The number of methoxy groups -OCH3 is 1. The van der Waals surface area contributed by atoms with Crippen LogP contribution in [0.25, 0.3) is 0 Å². The molecule has 0 aromatic heterocycles. The van der Waals surface area contributed by atoms with Gasteiger partial charge in [0, 0.05) is 0 Å². The number of rotatable bonds is 4. The van der Waals surface area contributed by atoms with Crippen LogP contribution >= 0.6 is 11.6 Å². The molecule has 0 aliphatic rings. The van der Waals surface area contributed by atoms with E-state index in [1.54, 1.807) is 13.2 Å². The smallest absolute Gasteiger partial charge is 0.162 e. The number of ether oxygens (including phenoxy) is 1. The largest absolute Gasteiger partial charge is 0.496 e. The van der Waals surface area contributed by atoms with Gasteiger partial charge in [0.25, 0.3) is 0 Å². The maximum atomic E-state index is 13.6. The van der Waals surface area contributed by atoms with E-state index in [-0.39, 0.29) is 12.0 Å². The van der Waals surface area contributed by atoms with Gasteiger partial charge >= 0.3 is 0 Å². The Morgan fingerprint density at radius 1 is 1.20 bits per heavy atom. The first-order chi connectivity index (χ1) is 9.52. The topological polar surface area (TPSA) is 9.23 Å². The van der Waals surface area contributed by atoms with E-state index in [9.17, 15) is 8.78 Å². The minimum absolute atomic E-state index is 0.220. The molecule has 0 aliphatic carbocycles. The summed E-state index contributed by atoms with van der Waals surface area (Å²) in [5.41, 5.74) is 2.08. The van der Waals surface area contributed by atoms with Crippen LogP contribution in [0.15, 0.2) is 36.4 Å². The fourth-order valence-electron chi connectivity index (χ4n) is 2.05. The van der Waals surface area contributed by atoms with Crippen LogP contribution in [0.2, 0.25) is 0 Å². The molecular formula is C16H15ClF2O. The van der Waals surface area contributed by atoms with Gasteiger partial charge in [-0.3, -0.25) is 0 Å². The molecule has 1 nitrogen and oxygen atoms in total. The van der Waals surface area contributed by atoms with Crippen molar-refractivity contribution >= 4 is 11.6 Å². The third-order valence-corrected chi connectivity index (χ3v) is 3.63. The summed E-state index contributed by atoms with van der Waals surface area (Å²) in [4.78, 5) is 0. The molecule has 1 unspecified atom stereocenters. The number of hydrogen-bond donors (Lipinski definition) is 0. The molecule has 0 bridgehead atoms. The van der Waals surface area contributed by atoms with Gasteiger partial charge in [-0.25, -0.2) is 8.78 Å². The first kappa shape index (κ1) is 14.8. The highest BCUT2D eigenvalue weighted by molar-refractivity contribution is 6.20. The molecule has 0 aliphatic heterocycles. The summed E-state index contributed by atoms with van der Waals surface area (Å²) in [5, 5.41) is -0.444. The Bertz CT molecular complexity index is 613. The second kappa shape index (κ2) is 6.23. The minimum atomic E-state index is -0.854. The monoisotopic (exact) mass is 296 g/mol. The first-order valence-electron chi connectivity index (χ1n) is 6.24. The zero-order valence-electron chi connectivity index (χ0n) is 11.3. The molecule has 2 rings (SSSR count). The van der Waals surface area contributed by atoms with Crippen molar-refractivity contribution in [2.45, 2.75) is 18.7 Å². The SMILES string of the molecule is COc1cc(C(Cl)Cc2cccc(F)c2F)ccc1C. The Balaban J connectivity index is 2.24. The number of benzene rings is 2. The van der Waals surface area contributed by atoms with Crippen LogP contribution in [-0.2, 0) is 6.42 Å². The Kier molecular flexibility index (Phi) is 4.61. The Morgan fingerprint density at radius 3 is 2.65 bits per heavy atom. The third kappa shape index (κ3) is 3.10. The molecule has 1 atom stereocenters. The van der Waals surface area contributed by atoms with Crippen molar-refractivity contribution in [3.05, 3.63) is 64.7 Å². The molecule has 106 valence electrons. The zero-order valence-corrected chi connectivity index (χ0v) is 12.0. The van der Waals surface area contributed by atoms with E-state index >= 15 is 0 Å². The molecule has 0 radical (unpaired) electrons. The average molecular weight is 297 g/mol. The molecule has 20 heavy (non-hydrogen) atoms. The van der Waals surface area contributed by atoms with Crippen molar-refractivity contribution in [3.63, 3.8) is 0 Å². The van der Waals surface area contributed by atoms with E-state index in [2.05, 4.69) is 0 Å². The summed E-state index contributed by atoms with van der Waals surface area (Å²) in [6.45, 7) is 1.93. The summed E-state index contributed by atoms with van der Waals surface area (Å²) in [6.07, 6.45) is 0.220. The van der Waals surface area contributed by atoms with Crippen LogP contribution in [0.3, 0.4) is 0 Å². The van der Waals surface area contributed by atoms with E-state index in [4.69, 9.17) is 16.3 Å². The second-order valence-electron chi connectivity index (χ2n) is 4.61. The van der Waals surface area contributed by atoms with Crippen molar-refractivity contribution < 1.29 is 13.5 Å². The van der Waals surface area contributed by atoms with Crippen molar-refractivity contribution in [2.24, 2.45) is 0 Å². The number of halogens is 3. The Morgan fingerprint density at radius 2 is 1.95 bits per heavy atom. The summed E-state index contributed by atoms with van der Waals surface area (Å²) in [6, 6.07) is 9.70. The van der Waals surface area contributed by atoms with Crippen LogP contribution in [0.5, 0.6) is 5.75 Å². The summed E-state index contributed by atoms with van der Waals surface area (Å²) in [7, 11) is 1.58. The van der Waals surface area contributed by atoms with E-state index in [1.165, 1.54) is 6.07 Å². The van der Waals surface area contributed by atoms with Gasteiger partial charge < -0.3 is 4.74 Å². The highest BCUT2D eigenvalue weighted by Crippen LogP contribution is 2.30. The fraction of sp³-hybridized carbons (Fsp3) is 0.250. The third-order valence-electron chi connectivity index (χ3n) is 3.22. The zero-order chi connectivity index (χ0) is 14.7. The molecule has 4 heteroatoms. The van der Waals surface area contributed by atoms with Crippen LogP contribution in [0, 0.1) is 18.6 Å². The van der Waals surface area contributed by atoms with Crippen LogP contribution in [0.1, 0.15) is 22.1 Å². The van der Waals surface area contributed by atoms with Crippen molar-refractivity contribution in [3.8, 4) is 5.75 Å². The molecular weight excluding hydrogens is 282 g/mol. The fourth-order valence-corrected chi connectivity index (χ4v) is 2.35. The van der Waals surface area contributed by atoms with E-state index < -0.39 is 17.0 Å². The van der Waals surface area contributed by atoms with Crippen molar-refractivity contribution in [2.75, 3.05) is 7.11 Å². The van der Waals surface area contributed by atoms with Crippen LogP contribution in [-0.4, -0.2) is 7.11 Å². The highest BCUT2D eigenvalue weighted by Gasteiger charge is 2.15. The summed E-state index contributed by atoms with van der Waals surface area (Å²) >= 11 is 6.30. The summed E-state index contributed by atoms with van der Waals surface area (Å²) in [5.74, 6) is -0.960. The molecule has 0 saturated heterocycles. The average Bonchev–Trinajstić information content (AvgIpc) is 2.44. The van der Waals surface area contributed by atoms with Gasteiger partial charge in [0.05, 0.1) is 12.5 Å². The van der Waals surface area contributed by atoms with Gasteiger partial charge in [0.2, 0.25) is 0 Å². The van der Waals surface area contributed by atoms with Gasteiger partial charge in [-0.1, -0.05) is 24.3 Å². The first-order valence-corrected chi connectivity index (χ1v) is 6.68. The molecule has 0 spiro atoms. The number of alkyl halides is 1. The van der Waals surface area contributed by atoms with Crippen LogP contribution < -0.4 is 4.74 Å². The maximum Gasteiger partial charge on any atom is 0.162 e. The summed E-state index contributed by atoms with van der Waals surface area (Å²) < 4.78 is 32.0. The van der Waals surface area contributed by atoms with Gasteiger partial charge in [-0.05, 0) is 42.2 Å². The van der Waals surface area contributed by atoms with Crippen molar-refractivity contribution in [1.82, 2.24) is 0 Å². The van der Waals surface area contributed by atoms with E-state index in [0.29, 0.717) is 0 Å². The van der Waals surface area contributed by atoms with Crippen molar-refractivity contribution in [1.29, 1.82) is 0 Å². The van der Waals surface area contributed by atoms with Gasteiger partial charge in [-0.15, -0.1) is 11.6 Å². The molecule has 0 fully saturated rings. The predicted octanol–water partition coefficient (Wildman–Crippen LogP) is 4.80. The predicted molar refractivity (Wildman–Crippen MR) is 76.4 cm³/mol. The molecule has 0 heterocycles. The van der Waals surface area contributed by atoms with Gasteiger partial charge in [-0.2, -0.15) is 0 Å². The second-order valence-corrected chi connectivity index (χ2v) is 5.14. The molecule has 2 aromatic rings.